The predicted molar refractivity (Wildman–Crippen MR) is 61.9 cm³/mol. The van der Waals surface area contributed by atoms with Gasteiger partial charge < -0.3 is 15.2 Å². The van der Waals surface area contributed by atoms with E-state index < -0.39 is 5.79 Å². The Hall–Kier alpha value is -0.930. The minimum atomic E-state index is -0.615. The SMILES string of the molecule is CC1(C)Oc2cc(Cl)c(C3(N)CC3)cc2O1. The number of fused-ring (bicyclic) bond motifs is 1. The maximum Gasteiger partial charge on any atom is 0.246 e. The number of halogens is 1. The first-order chi connectivity index (χ1) is 7.40. The van der Waals surface area contributed by atoms with E-state index in [9.17, 15) is 0 Å². The summed E-state index contributed by atoms with van der Waals surface area (Å²) in [6, 6.07) is 3.72. The van der Waals surface area contributed by atoms with Crippen LogP contribution in [-0.2, 0) is 5.54 Å². The first-order valence-corrected chi connectivity index (χ1v) is 5.78. The van der Waals surface area contributed by atoms with Crippen molar-refractivity contribution in [1.29, 1.82) is 0 Å². The minimum absolute atomic E-state index is 0.248. The fourth-order valence-electron chi connectivity index (χ4n) is 2.03. The Bertz CT molecular complexity index is 466. The lowest BCUT2D eigenvalue weighted by Crippen LogP contribution is -2.29. The Morgan fingerprint density at radius 3 is 2.31 bits per heavy atom. The van der Waals surface area contributed by atoms with Crippen molar-refractivity contribution in [3.8, 4) is 11.5 Å². The third-order valence-corrected chi connectivity index (χ3v) is 3.38. The lowest BCUT2D eigenvalue weighted by Gasteiger charge is -2.16. The zero-order chi connectivity index (χ0) is 11.6. The van der Waals surface area contributed by atoms with Crippen molar-refractivity contribution in [3.05, 3.63) is 22.7 Å². The fourth-order valence-corrected chi connectivity index (χ4v) is 2.37. The smallest absolute Gasteiger partial charge is 0.246 e. The quantitative estimate of drug-likeness (QED) is 0.820. The highest BCUT2D eigenvalue weighted by molar-refractivity contribution is 6.31. The van der Waals surface area contributed by atoms with Crippen LogP contribution >= 0.6 is 11.6 Å². The largest absolute Gasteiger partial charge is 0.449 e. The summed E-state index contributed by atoms with van der Waals surface area (Å²) in [5.74, 6) is 0.819. The summed E-state index contributed by atoms with van der Waals surface area (Å²) < 4.78 is 11.3. The van der Waals surface area contributed by atoms with E-state index in [-0.39, 0.29) is 5.54 Å². The molecule has 1 aliphatic heterocycles. The molecule has 0 atom stereocenters. The van der Waals surface area contributed by atoms with Gasteiger partial charge >= 0.3 is 0 Å². The third-order valence-electron chi connectivity index (χ3n) is 3.07. The molecule has 0 unspecified atom stereocenters. The fraction of sp³-hybridized carbons (Fsp3) is 0.500. The molecular weight excluding hydrogens is 226 g/mol. The highest BCUT2D eigenvalue weighted by atomic mass is 35.5. The Balaban J connectivity index is 2.07. The molecule has 1 fully saturated rings. The third kappa shape index (κ3) is 1.46. The van der Waals surface area contributed by atoms with Gasteiger partial charge in [-0.05, 0) is 24.5 Å². The van der Waals surface area contributed by atoms with Gasteiger partial charge in [-0.15, -0.1) is 0 Å². The van der Waals surface area contributed by atoms with Gasteiger partial charge in [0.25, 0.3) is 0 Å². The molecule has 1 heterocycles. The molecule has 86 valence electrons. The first-order valence-electron chi connectivity index (χ1n) is 5.41. The standard InChI is InChI=1S/C12H14ClNO2/c1-11(2)15-9-5-7(12(14)3-4-12)8(13)6-10(9)16-11/h5-6H,3-4,14H2,1-2H3. The molecule has 0 aromatic heterocycles. The number of rotatable bonds is 1. The van der Waals surface area contributed by atoms with Crippen LogP contribution in [0, 0.1) is 0 Å². The van der Waals surface area contributed by atoms with Crippen LogP contribution in [0.2, 0.25) is 5.02 Å². The van der Waals surface area contributed by atoms with E-state index in [4.69, 9.17) is 26.8 Å². The van der Waals surface area contributed by atoms with Crippen molar-refractivity contribution in [3.63, 3.8) is 0 Å². The monoisotopic (exact) mass is 239 g/mol. The molecular formula is C12H14ClNO2. The average Bonchev–Trinajstić information content (AvgIpc) is 2.80. The van der Waals surface area contributed by atoms with Gasteiger partial charge in [-0.25, -0.2) is 0 Å². The van der Waals surface area contributed by atoms with Gasteiger partial charge in [0.15, 0.2) is 11.5 Å². The lowest BCUT2D eigenvalue weighted by atomic mass is 10.1. The molecule has 4 heteroatoms. The van der Waals surface area contributed by atoms with Gasteiger partial charge in [-0.1, -0.05) is 11.6 Å². The lowest BCUT2D eigenvalue weighted by molar-refractivity contribution is -0.0431. The first kappa shape index (κ1) is 10.2. The highest BCUT2D eigenvalue weighted by Crippen LogP contribution is 2.50. The molecule has 16 heavy (non-hydrogen) atoms. The zero-order valence-corrected chi connectivity index (χ0v) is 10.1. The van der Waals surface area contributed by atoms with Crippen LogP contribution in [0.1, 0.15) is 32.3 Å². The van der Waals surface area contributed by atoms with Gasteiger partial charge in [-0.3, -0.25) is 0 Å². The number of hydrogen-bond donors (Lipinski definition) is 1. The van der Waals surface area contributed by atoms with E-state index in [1.165, 1.54) is 0 Å². The Morgan fingerprint density at radius 1 is 1.19 bits per heavy atom. The molecule has 0 bridgehead atoms. The molecule has 1 aromatic rings. The maximum absolute atomic E-state index is 6.21. The average molecular weight is 240 g/mol. The summed E-state index contributed by atoms with van der Waals surface area (Å²) in [7, 11) is 0. The summed E-state index contributed by atoms with van der Waals surface area (Å²) in [5, 5.41) is 0.667. The van der Waals surface area contributed by atoms with Crippen LogP contribution < -0.4 is 15.2 Å². The topological polar surface area (TPSA) is 44.5 Å². The Morgan fingerprint density at radius 2 is 1.75 bits per heavy atom. The minimum Gasteiger partial charge on any atom is -0.449 e. The van der Waals surface area contributed by atoms with Crippen LogP contribution in [0.15, 0.2) is 12.1 Å². The van der Waals surface area contributed by atoms with Gasteiger partial charge in [-0.2, -0.15) is 0 Å². The van der Waals surface area contributed by atoms with Gasteiger partial charge in [0, 0.05) is 30.5 Å². The molecule has 2 aliphatic rings. The van der Waals surface area contributed by atoms with E-state index >= 15 is 0 Å². The van der Waals surface area contributed by atoms with Crippen molar-refractivity contribution in [1.82, 2.24) is 0 Å². The molecule has 0 spiro atoms. The molecule has 0 radical (unpaired) electrons. The van der Waals surface area contributed by atoms with E-state index in [1.807, 2.05) is 19.9 Å². The van der Waals surface area contributed by atoms with Crippen molar-refractivity contribution >= 4 is 11.6 Å². The number of benzene rings is 1. The molecule has 1 aromatic carbocycles. The molecule has 2 N–H and O–H groups in total. The second-order valence-corrected chi connectivity index (χ2v) is 5.45. The van der Waals surface area contributed by atoms with Crippen molar-refractivity contribution in [2.24, 2.45) is 5.73 Å². The van der Waals surface area contributed by atoms with Gasteiger partial charge in [0.2, 0.25) is 5.79 Å². The second kappa shape index (κ2) is 2.84. The maximum atomic E-state index is 6.21. The molecule has 3 nitrogen and oxygen atoms in total. The Kier molecular flexibility index (Phi) is 1.82. The number of ether oxygens (including phenoxy) is 2. The van der Waals surface area contributed by atoms with Crippen molar-refractivity contribution in [2.45, 2.75) is 38.0 Å². The van der Waals surface area contributed by atoms with Crippen molar-refractivity contribution < 1.29 is 9.47 Å². The Labute approximate surface area is 99.5 Å². The highest BCUT2D eigenvalue weighted by Gasteiger charge is 2.43. The second-order valence-electron chi connectivity index (χ2n) is 5.04. The summed E-state index contributed by atoms with van der Waals surface area (Å²) in [4.78, 5) is 0. The summed E-state index contributed by atoms with van der Waals surface area (Å²) in [5.41, 5.74) is 6.87. The van der Waals surface area contributed by atoms with E-state index in [0.29, 0.717) is 10.8 Å². The number of nitrogens with two attached hydrogens (primary N) is 1. The molecule has 1 aliphatic carbocycles. The van der Waals surface area contributed by atoms with Crippen molar-refractivity contribution in [2.75, 3.05) is 0 Å². The molecule has 1 saturated carbocycles. The number of hydrogen-bond acceptors (Lipinski definition) is 3. The molecule has 0 amide bonds. The van der Waals surface area contributed by atoms with E-state index in [2.05, 4.69) is 0 Å². The van der Waals surface area contributed by atoms with Crippen LogP contribution in [-0.4, -0.2) is 5.79 Å². The summed E-state index contributed by atoms with van der Waals surface area (Å²) in [6.45, 7) is 3.74. The van der Waals surface area contributed by atoms with Crippen LogP contribution in [0.4, 0.5) is 0 Å². The normalized spacial score (nSPS) is 23.2. The van der Waals surface area contributed by atoms with E-state index in [1.54, 1.807) is 6.07 Å². The van der Waals surface area contributed by atoms with Gasteiger partial charge in [0.05, 0.1) is 0 Å². The molecule has 3 rings (SSSR count). The molecule has 0 saturated heterocycles. The summed E-state index contributed by atoms with van der Waals surface area (Å²) >= 11 is 6.21. The van der Waals surface area contributed by atoms with Crippen LogP contribution in [0.25, 0.3) is 0 Å². The van der Waals surface area contributed by atoms with E-state index in [0.717, 1.165) is 24.2 Å². The summed E-state index contributed by atoms with van der Waals surface area (Å²) in [6.07, 6.45) is 1.96. The predicted octanol–water partition coefficient (Wildman–Crippen LogP) is 2.80. The zero-order valence-electron chi connectivity index (χ0n) is 9.34. The van der Waals surface area contributed by atoms with Crippen LogP contribution in [0.3, 0.4) is 0 Å². The van der Waals surface area contributed by atoms with Gasteiger partial charge in [0.1, 0.15) is 0 Å². The van der Waals surface area contributed by atoms with Crippen LogP contribution in [0.5, 0.6) is 11.5 Å².